The number of hydrogen-bond donors (Lipinski definition) is 1. The van der Waals surface area contributed by atoms with Gasteiger partial charge in [-0.15, -0.1) is 0 Å². The molecule has 0 aromatic carbocycles. The van der Waals surface area contributed by atoms with Crippen molar-refractivity contribution >= 4 is 23.9 Å². The summed E-state index contributed by atoms with van der Waals surface area (Å²) < 4.78 is 25.0. The standard InChI is InChI=1S/C14H20O10/c1-6(15)20-5-10-12(21-7(2)16)11(19)13(22-8(3)17)14(24-10)23-9(4)18/h10-14,19H,5H2,1-4H3/t10?,11-,12+,13?,14-/m0/s1. The summed E-state index contributed by atoms with van der Waals surface area (Å²) in [6.07, 6.45) is -6.84. The zero-order valence-electron chi connectivity index (χ0n) is 13.7. The number of rotatable bonds is 5. The molecular formula is C14H20O10. The number of ether oxygens (including phenoxy) is 5. The first kappa shape index (κ1) is 19.8. The van der Waals surface area contributed by atoms with Crippen LogP contribution in [0.5, 0.6) is 0 Å². The van der Waals surface area contributed by atoms with Crippen molar-refractivity contribution in [2.45, 2.75) is 58.4 Å². The molecule has 0 amide bonds. The predicted molar refractivity (Wildman–Crippen MR) is 74.2 cm³/mol. The lowest BCUT2D eigenvalue weighted by Gasteiger charge is -2.42. The minimum Gasteiger partial charge on any atom is -0.463 e. The van der Waals surface area contributed by atoms with Crippen LogP contribution in [0.3, 0.4) is 0 Å². The monoisotopic (exact) mass is 348 g/mol. The highest BCUT2D eigenvalue weighted by Gasteiger charge is 2.50. The average molecular weight is 348 g/mol. The smallest absolute Gasteiger partial charge is 0.305 e. The zero-order chi connectivity index (χ0) is 18.4. The lowest BCUT2D eigenvalue weighted by molar-refractivity contribution is -0.298. The van der Waals surface area contributed by atoms with Crippen LogP contribution < -0.4 is 0 Å². The van der Waals surface area contributed by atoms with E-state index in [9.17, 15) is 24.3 Å². The average Bonchev–Trinajstić information content (AvgIpc) is 2.42. The van der Waals surface area contributed by atoms with Crippen molar-refractivity contribution in [3.8, 4) is 0 Å². The number of carbonyl (C=O) groups excluding carboxylic acids is 4. The third-order valence-corrected chi connectivity index (χ3v) is 2.95. The Labute approximate surface area is 137 Å². The van der Waals surface area contributed by atoms with Gasteiger partial charge >= 0.3 is 23.9 Å². The topological polar surface area (TPSA) is 135 Å². The Morgan fingerprint density at radius 3 is 1.79 bits per heavy atom. The second-order valence-electron chi connectivity index (χ2n) is 5.09. The van der Waals surface area contributed by atoms with E-state index in [0.29, 0.717) is 0 Å². The van der Waals surface area contributed by atoms with Gasteiger partial charge in [-0.25, -0.2) is 0 Å². The molecule has 10 heteroatoms. The summed E-state index contributed by atoms with van der Waals surface area (Å²) in [6, 6.07) is 0. The van der Waals surface area contributed by atoms with Crippen molar-refractivity contribution in [2.24, 2.45) is 0 Å². The van der Waals surface area contributed by atoms with E-state index < -0.39 is 54.6 Å². The molecule has 0 aliphatic carbocycles. The maximum absolute atomic E-state index is 11.2. The highest BCUT2D eigenvalue weighted by atomic mass is 16.7. The second kappa shape index (κ2) is 8.60. The minimum atomic E-state index is -1.56. The summed E-state index contributed by atoms with van der Waals surface area (Å²) in [5, 5.41) is 10.4. The fourth-order valence-corrected chi connectivity index (χ4v) is 2.14. The largest absolute Gasteiger partial charge is 0.463 e. The van der Waals surface area contributed by atoms with Crippen LogP contribution in [0.1, 0.15) is 27.7 Å². The van der Waals surface area contributed by atoms with E-state index in [-0.39, 0.29) is 6.61 Å². The summed E-state index contributed by atoms with van der Waals surface area (Å²) in [6.45, 7) is 4.08. The molecule has 1 heterocycles. The van der Waals surface area contributed by atoms with E-state index >= 15 is 0 Å². The van der Waals surface area contributed by atoms with Gasteiger partial charge < -0.3 is 28.8 Å². The van der Waals surface area contributed by atoms with E-state index in [0.717, 1.165) is 27.7 Å². The van der Waals surface area contributed by atoms with Crippen molar-refractivity contribution in [1.82, 2.24) is 0 Å². The van der Waals surface area contributed by atoms with Gasteiger partial charge in [0.1, 0.15) is 18.8 Å². The third kappa shape index (κ3) is 5.78. The van der Waals surface area contributed by atoms with E-state index in [1.807, 2.05) is 0 Å². The molecule has 1 rings (SSSR count). The quantitative estimate of drug-likeness (QED) is 0.490. The molecule has 0 radical (unpaired) electrons. The van der Waals surface area contributed by atoms with Crippen LogP contribution in [-0.2, 0) is 42.9 Å². The molecule has 0 aromatic heterocycles. The Hall–Kier alpha value is -2.20. The van der Waals surface area contributed by atoms with Crippen LogP contribution in [0.4, 0.5) is 0 Å². The van der Waals surface area contributed by atoms with Crippen molar-refractivity contribution < 1.29 is 48.0 Å². The van der Waals surface area contributed by atoms with Crippen LogP contribution in [0.25, 0.3) is 0 Å². The Morgan fingerprint density at radius 2 is 1.33 bits per heavy atom. The number of aliphatic hydroxyl groups is 1. The molecule has 2 unspecified atom stereocenters. The third-order valence-electron chi connectivity index (χ3n) is 2.95. The molecule has 1 fully saturated rings. The lowest BCUT2D eigenvalue weighted by Crippen LogP contribution is -2.62. The van der Waals surface area contributed by atoms with Crippen LogP contribution in [0, 0.1) is 0 Å². The fourth-order valence-electron chi connectivity index (χ4n) is 2.14. The van der Waals surface area contributed by atoms with Crippen molar-refractivity contribution in [1.29, 1.82) is 0 Å². The molecule has 136 valence electrons. The van der Waals surface area contributed by atoms with Gasteiger partial charge in [0.25, 0.3) is 0 Å². The van der Waals surface area contributed by atoms with E-state index in [1.54, 1.807) is 0 Å². The maximum atomic E-state index is 11.2. The van der Waals surface area contributed by atoms with Crippen molar-refractivity contribution in [2.75, 3.05) is 6.61 Å². The molecule has 0 spiro atoms. The van der Waals surface area contributed by atoms with Crippen LogP contribution in [0.2, 0.25) is 0 Å². The summed E-state index contributed by atoms with van der Waals surface area (Å²) in [5.74, 6) is -2.87. The van der Waals surface area contributed by atoms with Gasteiger partial charge in [-0.3, -0.25) is 19.2 Å². The van der Waals surface area contributed by atoms with Gasteiger partial charge in [-0.05, 0) is 0 Å². The van der Waals surface area contributed by atoms with Gasteiger partial charge in [-0.1, -0.05) is 0 Å². The summed E-state index contributed by atoms with van der Waals surface area (Å²) >= 11 is 0. The molecule has 1 N–H and O–H groups in total. The normalized spacial score (nSPS) is 29.3. The Morgan fingerprint density at radius 1 is 0.833 bits per heavy atom. The molecule has 0 bridgehead atoms. The number of hydrogen-bond acceptors (Lipinski definition) is 10. The first-order valence-corrected chi connectivity index (χ1v) is 7.10. The SMILES string of the molecule is CC(=O)OCC1O[C@H](OC(C)=O)C(OC(C)=O)[C@@H](O)[C@@H]1OC(C)=O. The highest BCUT2D eigenvalue weighted by molar-refractivity contribution is 5.68. The van der Waals surface area contributed by atoms with Gasteiger partial charge in [-0.2, -0.15) is 0 Å². The molecule has 0 saturated carbocycles. The van der Waals surface area contributed by atoms with E-state index in [2.05, 4.69) is 0 Å². The lowest BCUT2D eigenvalue weighted by atomic mass is 9.98. The first-order valence-electron chi connectivity index (χ1n) is 7.10. The zero-order valence-corrected chi connectivity index (χ0v) is 13.7. The minimum absolute atomic E-state index is 0.366. The number of esters is 4. The second-order valence-corrected chi connectivity index (χ2v) is 5.09. The molecule has 1 saturated heterocycles. The molecule has 24 heavy (non-hydrogen) atoms. The molecule has 10 nitrogen and oxygen atoms in total. The molecule has 1 aliphatic heterocycles. The van der Waals surface area contributed by atoms with Gasteiger partial charge in [0.05, 0.1) is 0 Å². The Kier molecular flexibility index (Phi) is 7.11. The maximum Gasteiger partial charge on any atom is 0.305 e. The number of aliphatic hydroxyl groups excluding tert-OH is 1. The van der Waals surface area contributed by atoms with Gasteiger partial charge in [0, 0.05) is 27.7 Å². The van der Waals surface area contributed by atoms with Crippen molar-refractivity contribution in [3.05, 3.63) is 0 Å². The number of carbonyl (C=O) groups is 4. The molecular weight excluding hydrogens is 328 g/mol. The first-order chi connectivity index (χ1) is 11.1. The fraction of sp³-hybridized carbons (Fsp3) is 0.714. The van der Waals surface area contributed by atoms with Gasteiger partial charge in [0.2, 0.25) is 6.29 Å². The van der Waals surface area contributed by atoms with E-state index in [4.69, 9.17) is 23.7 Å². The predicted octanol–water partition coefficient (Wildman–Crippen LogP) is -0.938. The van der Waals surface area contributed by atoms with E-state index in [1.165, 1.54) is 0 Å². The highest BCUT2D eigenvalue weighted by Crippen LogP contribution is 2.27. The summed E-state index contributed by atoms with van der Waals surface area (Å²) in [5.41, 5.74) is 0. The Bertz CT molecular complexity index is 500. The molecule has 1 aliphatic rings. The summed E-state index contributed by atoms with van der Waals surface area (Å²) in [7, 11) is 0. The van der Waals surface area contributed by atoms with Gasteiger partial charge in [0.15, 0.2) is 12.2 Å². The summed E-state index contributed by atoms with van der Waals surface area (Å²) in [4.78, 5) is 44.6. The molecule has 5 atom stereocenters. The Balaban J connectivity index is 3.04. The van der Waals surface area contributed by atoms with Crippen molar-refractivity contribution in [3.63, 3.8) is 0 Å². The van der Waals surface area contributed by atoms with Crippen LogP contribution >= 0.6 is 0 Å². The van der Waals surface area contributed by atoms with Crippen LogP contribution in [-0.4, -0.2) is 66.3 Å². The van der Waals surface area contributed by atoms with Crippen LogP contribution in [0.15, 0.2) is 0 Å². The molecule has 0 aromatic rings.